The smallest absolute Gasteiger partial charge is 0.165 e. The maximum atomic E-state index is 13.7. The number of halogens is 1. The Kier molecular flexibility index (Phi) is 4.97. The van der Waals surface area contributed by atoms with Crippen molar-refractivity contribution in [3.63, 3.8) is 0 Å². The largest absolute Gasteiger partial charge is 0.486 e. The minimum absolute atomic E-state index is 0.253. The van der Waals surface area contributed by atoms with Gasteiger partial charge >= 0.3 is 0 Å². The Bertz CT molecular complexity index is 595. The highest BCUT2D eigenvalue weighted by molar-refractivity contribution is 5.30. The summed E-state index contributed by atoms with van der Waals surface area (Å²) in [6, 6.07) is 12.7. The first-order valence-corrected chi connectivity index (χ1v) is 7.28. The van der Waals surface area contributed by atoms with Gasteiger partial charge in [0.25, 0.3) is 0 Å². The second-order valence-electron chi connectivity index (χ2n) is 5.38. The van der Waals surface area contributed by atoms with Gasteiger partial charge in [0, 0.05) is 0 Å². The molecule has 0 aliphatic rings. The number of benzene rings is 2. The van der Waals surface area contributed by atoms with Gasteiger partial charge in [-0.05, 0) is 49.1 Å². The second kappa shape index (κ2) is 6.72. The molecule has 2 aromatic rings. The zero-order chi connectivity index (χ0) is 15.4. The standard InChI is InChI=1S/C18H22FNO/c1-4-14-6-8-15(9-7-14)18(20)13(3)21-17-11-12(2)5-10-16(17)19/h5-11,13,18H,4,20H2,1-3H3. The van der Waals surface area contributed by atoms with Crippen molar-refractivity contribution in [2.75, 3.05) is 0 Å². The number of rotatable bonds is 5. The van der Waals surface area contributed by atoms with E-state index in [-0.39, 0.29) is 23.7 Å². The Morgan fingerprint density at radius 2 is 1.81 bits per heavy atom. The summed E-state index contributed by atoms with van der Waals surface area (Å²) in [5.41, 5.74) is 9.44. The van der Waals surface area contributed by atoms with Crippen molar-refractivity contribution in [2.24, 2.45) is 5.73 Å². The van der Waals surface area contributed by atoms with Crippen LogP contribution < -0.4 is 10.5 Å². The van der Waals surface area contributed by atoms with Crippen LogP contribution in [0, 0.1) is 12.7 Å². The molecule has 2 atom stereocenters. The monoisotopic (exact) mass is 287 g/mol. The third-order valence-corrected chi connectivity index (χ3v) is 3.68. The van der Waals surface area contributed by atoms with Crippen LogP contribution in [-0.2, 0) is 6.42 Å². The van der Waals surface area contributed by atoms with Crippen LogP contribution in [0.4, 0.5) is 4.39 Å². The van der Waals surface area contributed by atoms with Crippen LogP contribution in [0.15, 0.2) is 42.5 Å². The molecule has 0 aliphatic carbocycles. The van der Waals surface area contributed by atoms with Crippen molar-refractivity contribution in [2.45, 2.75) is 39.3 Å². The fraction of sp³-hybridized carbons (Fsp3) is 0.333. The molecule has 2 nitrogen and oxygen atoms in total. The molecule has 0 fully saturated rings. The van der Waals surface area contributed by atoms with Gasteiger partial charge in [0.2, 0.25) is 0 Å². The Balaban J connectivity index is 2.11. The normalized spacial score (nSPS) is 13.8. The van der Waals surface area contributed by atoms with E-state index in [0.29, 0.717) is 0 Å². The molecule has 112 valence electrons. The summed E-state index contributed by atoms with van der Waals surface area (Å²) in [7, 11) is 0. The van der Waals surface area contributed by atoms with Gasteiger partial charge in [-0.2, -0.15) is 0 Å². The van der Waals surface area contributed by atoms with Gasteiger partial charge in [-0.1, -0.05) is 37.3 Å². The first-order valence-electron chi connectivity index (χ1n) is 7.28. The maximum absolute atomic E-state index is 13.7. The summed E-state index contributed by atoms with van der Waals surface area (Å²) in [6.07, 6.45) is 0.685. The third-order valence-electron chi connectivity index (χ3n) is 3.68. The summed E-state index contributed by atoms with van der Waals surface area (Å²) in [4.78, 5) is 0. The van der Waals surface area contributed by atoms with Crippen molar-refractivity contribution >= 4 is 0 Å². The highest BCUT2D eigenvalue weighted by Crippen LogP contribution is 2.24. The van der Waals surface area contributed by atoms with E-state index in [1.807, 2.05) is 26.0 Å². The Labute approximate surface area is 125 Å². The molecule has 2 unspecified atom stereocenters. The van der Waals surface area contributed by atoms with Gasteiger partial charge in [-0.15, -0.1) is 0 Å². The molecular weight excluding hydrogens is 265 g/mol. The lowest BCUT2D eigenvalue weighted by Crippen LogP contribution is -2.29. The maximum Gasteiger partial charge on any atom is 0.165 e. The molecule has 2 aromatic carbocycles. The quantitative estimate of drug-likeness (QED) is 0.896. The van der Waals surface area contributed by atoms with Gasteiger partial charge in [0.05, 0.1) is 6.04 Å². The van der Waals surface area contributed by atoms with Gasteiger partial charge < -0.3 is 10.5 Å². The Morgan fingerprint density at radius 1 is 1.14 bits per heavy atom. The lowest BCUT2D eigenvalue weighted by Gasteiger charge is -2.22. The SMILES string of the molecule is CCc1ccc(C(N)C(C)Oc2cc(C)ccc2F)cc1. The number of aryl methyl sites for hydroxylation is 2. The average Bonchev–Trinajstić information content (AvgIpc) is 2.50. The molecule has 0 saturated carbocycles. The van der Waals surface area contributed by atoms with E-state index in [1.54, 1.807) is 12.1 Å². The van der Waals surface area contributed by atoms with Crippen molar-refractivity contribution in [1.29, 1.82) is 0 Å². The summed E-state index contributed by atoms with van der Waals surface area (Å²) in [6.45, 7) is 5.88. The van der Waals surface area contributed by atoms with Crippen molar-refractivity contribution in [3.05, 3.63) is 65.0 Å². The number of ether oxygens (including phenoxy) is 1. The molecule has 2 rings (SSSR count). The zero-order valence-electron chi connectivity index (χ0n) is 12.8. The summed E-state index contributed by atoms with van der Waals surface area (Å²) in [5, 5.41) is 0. The van der Waals surface area contributed by atoms with Gasteiger partial charge in [0.15, 0.2) is 11.6 Å². The molecular formula is C18H22FNO. The molecule has 0 spiro atoms. The number of nitrogens with two attached hydrogens (primary N) is 1. The van der Waals surface area contributed by atoms with Crippen LogP contribution in [0.2, 0.25) is 0 Å². The molecule has 0 amide bonds. The average molecular weight is 287 g/mol. The van der Waals surface area contributed by atoms with Crippen molar-refractivity contribution < 1.29 is 9.13 Å². The van der Waals surface area contributed by atoms with Crippen LogP contribution >= 0.6 is 0 Å². The number of hydrogen-bond donors (Lipinski definition) is 1. The first-order chi connectivity index (χ1) is 10.0. The summed E-state index contributed by atoms with van der Waals surface area (Å²) in [5.74, 6) is -0.107. The van der Waals surface area contributed by atoms with E-state index in [2.05, 4.69) is 19.1 Å². The van der Waals surface area contributed by atoms with Crippen LogP contribution in [-0.4, -0.2) is 6.10 Å². The van der Waals surface area contributed by atoms with E-state index in [4.69, 9.17) is 10.5 Å². The summed E-state index contributed by atoms with van der Waals surface area (Å²) < 4.78 is 19.4. The van der Waals surface area contributed by atoms with E-state index < -0.39 is 0 Å². The predicted molar refractivity (Wildman–Crippen MR) is 84.0 cm³/mol. The molecule has 0 bridgehead atoms. The highest BCUT2D eigenvalue weighted by atomic mass is 19.1. The zero-order valence-corrected chi connectivity index (χ0v) is 12.8. The van der Waals surface area contributed by atoms with Crippen molar-refractivity contribution in [1.82, 2.24) is 0 Å². The van der Waals surface area contributed by atoms with Crippen LogP contribution in [0.1, 0.15) is 36.6 Å². The van der Waals surface area contributed by atoms with Crippen LogP contribution in [0.25, 0.3) is 0 Å². The lowest BCUT2D eigenvalue weighted by molar-refractivity contribution is 0.182. The molecule has 0 aliphatic heterocycles. The van der Waals surface area contributed by atoms with Crippen LogP contribution in [0.3, 0.4) is 0 Å². The topological polar surface area (TPSA) is 35.2 Å². The van der Waals surface area contributed by atoms with Crippen molar-refractivity contribution in [3.8, 4) is 5.75 Å². The molecule has 0 heterocycles. The molecule has 0 aromatic heterocycles. The second-order valence-corrected chi connectivity index (χ2v) is 5.38. The number of hydrogen-bond acceptors (Lipinski definition) is 2. The Morgan fingerprint density at radius 3 is 2.43 bits per heavy atom. The molecule has 3 heteroatoms. The first kappa shape index (κ1) is 15.5. The molecule has 21 heavy (non-hydrogen) atoms. The van der Waals surface area contributed by atoms with E-state index in [9.17, 15) is 4.39 Å². The van der Waals surface area contributed by atoms with Gasteiger partial charge in [-0.25, -0.2) is 4.39 Å². The van der Waals surface area contributed by atoms with Gasteiger partial charge in [-0.3, -0.25) is 0 Å². The van der Waals surface area contributed by atoms with E-state index in [1.165, 1.54) is 11.6 Å². The van der Waals surface area contributed by atoms with Gasteiger partial charge in [0.1, 0.15) is 6.10 Å². The fourth-order valence-electron chi connectivity index (χ4n) is 2.22. The lowest BCUT2D eigenvalue weighted by atomic mass is 10.0. The summed E-state index contributed by atoms with van der Waals surface area (Å²) >= 11 is 0. The van der Waals surface area contributed by atoms with E-state index >= 15 is 0 Å². The minimum atomic E-state index is -0.360. The molecule has 0 radical (unpaired) electrons. The minimum Gasteiger partial charge on any atom is -0.486 e. The predicted octanol–water partition coefficient (Wildman–Crippen LogP) is 4.16. The van der Waals surface area contributed by atoms with E-state index in [0.717, 1.165) is 17.5 Å². The highest BCUT2D eigenvalue weighted by Gasteiger charge is 2.18. The molecule has 2 N–H and O–H groups in total. The van der Waals surface area contributed by atoms with Crippen LogP contribution in [0.5, 0.6) is 5.75 Å². The third kappa shape index (κ3) is 3.82. The fourth-order valence-corrected chi connectivity index (χ4v) is 2.22. The molecule has 0 saturated heterocycles. The Hall–Kier alpha value is -1.87.